The second-order valence-corrected chi connectivity index (χ2v) is 7.01. The monoisotopic (exact) mass is 325 g/mol. The zero-order valence-corrected chi connectivity index (χ0v) is 13.4. The number of rotatable bonds is 5. The fourth-order valence-corrected chi connectivity index (χ4v) is 3.00. The maximum atomic E-state index is 11.9. The highest BCUT2D eigenvalue weighted by atomic mass is 16.5. The van der Waals surface area contributed by atoms with Crippen molar-refractivity contribution >= 4 is 5.91 Å². The first-order valence-electron chi connectivity index (χ1n) is 8.66. The van der Waals surface area contributed by atoms with Gasteiger partial charge in [-0.05, 0) is 49.9 Å². The molecular weight excluding hydrogens is 306 g/mol. The number of ether oxygens (including phenoxy) is 1. The summed E-state index contributed by atoms with van der Waals surface area (Å²) in [4.78, 5) is 18.2. The third kappa shape index (κ3) is 2.66. The molecule has 124 valence electrons. The summed E-state index contributed by atoms with van der Waals surface area (Å²) in [6.45, 7) is 1.40. The van der Waals surface area contributed by atoms with Crippen LogP contribution in [0.1, 0.15) is 37.5 Å². The molecule has 2 heterocycles. The summed E-state index contributed by atoms with van der Waals surface area (Å²) in [5.41, 5.74) is 0.928. The molecule has 2 aliphatic carbocycles. The van der Waals surface area contributed by atoms with Gasteiger partial charge < -0.3 is 14.2 Å². The lowest BCUT2D eigenvalue weighted by atomic mass is 10.1. The molecule has 0 unspecified atom stereocenters. The lowest BCUT2D eigenvalue weighted by Gasteiger charge is -2.39. The van der Waals surface area contributed by atoms with Crippen molar-refractivity contribution in [1.82, 2.24) is 15.0 Å². The Labute approximate surface area is 139 Å². The van der Waals surface area contributed by atoms with E-state index in [1.165, 1.54) is 0 Å². The van der Waals surface area contributed by atoms with Gasteiger partial charge in [-0.3, -0.25) is 4.79 Å². The number of likely N-dealkylation sites (tertiary alicyclic amines) is 1. The van der Waals surface area contributed by atoms with E-state index >= 15 is 0 Å². The molecule has 0 spiro atoms. The number of carbonyl (C=O) groups excluding carboxylic acids is 1. The summed E-state index contributed by atoms with van der Waals surface area (Å²) in [7, 11) is 0. The van der Waals surface area contributed by atoms with E-state index in [1.54, 1.807) is 0 Å². The van der Waals surface area contributed by atoms with E-state index in [0.29, 0.717) is 36.7 Å². The second kappa shape index (κ2) is 5.33. The van der Waals surface area contributed by atoms with Gasteiger partial charge in [-0.2, -0.15) is 4.98 Å². The lowest BCUT2D eigenvalue weighted by molar-refractivity contribution is -0.141. The summed E-state index contributed by atoms with van der Waals surface area (Å²) in [6.07, 6.45) is 4.51. The Morgan fingerprint density at radius 2 is 1.88 bits per heavy atom. The Balaban J connectivity index is 1.18. The van der Waals surface area contributed by atoms with E-state index in [1.807, 2.05) is 29.2 Å². The summed E-state index contributed by atoms with van der Waals surface area (Å²) >= 11 is 0. The van der Waals surface area contributed by atoms with Crippen LogP contribution in [0.4, 0.5) is 0 Å². The van der Waals surface area contributed by atoms with Gasteiger partial charge in [-0.1, -0.05) is 5.16 Å². The van der Waals surface area contributed by atoms with Crippen LogP contribution in [0.15, 0.2) is 28.8 Å². The molecule has 0 bridgehead atoms. The van der Waals surface area contributed by atoms with Crippen LogP contribution in [0, 0.1) is 5.92 Å². The van der Waals surface area contributed by atoms with E-state index in [0.717, 1.165) is 42.9 Å². The number of benzene rings is 1. The Bertz CT molecular complexity index is 756. The molecule has 0 N–H and O–H groups in total. The first kappa shape index (κ1) is 14.0. The molecule has 2 aromatic rings. The molecule has 0 atom stereocenters. The van der Waals surface area contributed by atoms with Crippen molar-refractivity contribution < 1.29 is 14.1 Å². The van der Waals surface area contributed by atoms with Crippen molar-refractivity contribution in [3.05, 3.63) is 30.2 Å². The van der Waals surface area contributed by atoms with Gasteiger partial charge in [-0.15, -0.1) is 0 Å². The first-order chi connectivity index (χ1) is 11.8. The Morgan fingerprint density at radius 1 is 1.12 bits per heavy atom. The van der Waals surface area contributed by atoms with Gasteiger partial charge in [0.2, 0.25) is 17.6 Å². The van der Waals surface area contributed by atoms with Gasteiger partial charge in [0.1, 0.15) is 11.9 Å². The van der Waals surface area contributed by atoms with Crippen LogP contribution in [-0.4, -0.2) is 40.1 Å². The normalized spacial score (nSPS) is 20.8. The Kier molecular flexibility index (Phi) is 3.11. The highest BCUT2D eigenvalue weighted by Gasteiger charge is 2.40. The van der Waals surface area contributed by atoms with Crippen molar-refractivity contribution in [2.75, 3.05) is 13.1 Å². The maximum Gasteiger partial charge on any atom is 0.230 e. The largest absolute Gasteiger partial charge is 0.487 e. The molecule has 6 nitrogen and oxygen atoms in total. The average molecular weight is 325 g/mol. The van der Waals surface area contributed by atoms with E-state index in [-0.39, 0.29) is 6.10 Å². The van der Waals surface area contributed by atoms with E-state index < -0.39 is 0 Å². The van der Waals surface area contributed by atoms with E-state index in [9.17, 15) is 4.79 Å². The lowest BCUT2D eigenvalue weighted by Crippen LogP contribution is -2.56. The molecule has 0 radical (unpaired) electrons. The summed E-state index contributed by atoms with van der Waals surface area (Å²) in [6, 6.07) is 7.74. The van der Waals surface area contributed by atoms with Gasteiger partial charge >= 0.3 is 0 Å². The number of hydrogen-bond acceptors (Lipinski definition) is 5. The predicted octanol–water partition coefficient (Wildman–Crippen LogP) is 2.61. The van der Waals surface area contributed by atoms with Crippen molar-refractivity contribution in [2.45, 2.75) is 37.7 Å². The highest BCUT2D eigenvalue weighted by molar-refractivity contribution is 5.81. The number of hydrogen-bond donors (Lipinski definition) is 0. The molecule has 3 fully saturated rings. The van der Waals surface area contributed by atoms with Gasteiger partial charge in [0, 0.05) is 17.4 Å². The van der Waals surface area contributed by atoms with Crippen LogP contribution in [0.3, 0.4) is 0 Å². The van der Waals surface area contributed by atoms with E-state index in [2.05, 4.69) is 10.1 Å². The fourth-order valence-electron chi connectivity index (χ4n) is 3.00. The van der Waals surface area contributed by atoms with Crippen molar-refractivity contribution in [1.29, 1.82) is 0 Å². The summed E-state index contributed by atoms with van der Waals surface area (Å²) < 4.78 is 11.2. The molecule has 1 aromatic carbocycles. The summed E-state index contributed by atoms with van der Waals surface area (Å²) in [5, 5.41) is 4.05. The van der Waals surface area contributed by atoms with Crippen LogP contribution < -0.4 is 4.74 Å². The topological polar surface area (TPSA) is 68.5 Å². The minimum atomic E-state index is 0.102. The second-order valence-electron chi connectivity index (χ2n) is 7.01. The number of aromatic nitrogens is 2. The van der Waals surface area contributed by atoms with Crippen LogP contribution in [-0.2, 0) is 4.79 Å². The zero-order valence-electron chi connectivity index (χ0n) is 13.4. The van der Waals surface area contributed by atoms with Crippen molar-refractivity contribution in [3.63, 3.8) is 0 Å². The predicted molar refractivity (Wildman–Crippen MR) is 85.4 cm³/mol. The van der Waals surface area contributed by atoms with Gasteiger partial charge in [0.25, 0.3) is 0 Å². The maximum absolute atomic E-state index is 11.9. The van der Waals surface area contributed by atoms with Gasteiger partial charge in [0.15, 0.2) is 0 Å². The fraction of sp³-hybridized carbons (Fsp3) is 0.500. The SMILES string of the molecule is O=C(C1CC1)N1CC(Oc2ccc(-c3noc(C4CC4)n3)cc2)C1. The molecular formula is C18H19N3O3. The molecule has 24 heavy (non-hydrogen) atoms. The minimum absolute atomic E-state index is 0.102. The number of carbonyl (C=O) groups is 1. The standard InChI is InChI=1S/C18H19N3O3/c22-18(13-3-4-13)21-9-15(10-21)23-14-7-5-11(6-8-14)16-19-17(24-20-16)12-1-2-12/h5-8,12-13,15H,1-4,9-10H2. The first-order valence-corrected chi connectivity index (χ1v) is 8.66. The zero-order chi connectivity index (χ0) is 16.1. The molecule has 1 amide bonds. The molecule has 5 rings (SSSR count). The molecule has 3 aliphatic rings. The third-order valence-corrected chi connectivity index (χ3v) is 4.87. The average Bonchev–Trinajstić information content (AvgIpc) is 3.49. The van der Waals surface area contributed by atoms with Gasteiger partial charge in [0.05, 0.1) is 13.1 Å². The van der Waals surface area contributed by atoms with Crippen LogP contribution in [0.5, 0.6) is 5.75 Å². The molecule has 6 heteroatoms. The van der Waals surface area contributed by atoms with E-state index in [4.69, 9.17) is 9.26 Å². The van der Waals surface area contributed by atoms with Crippen molar-refractivity contribution in [2.24, 2.45) is 5.92 Å². The van der Waals surface area contributed by atoms with Gasteiger partial charge in [-0.25, -0.2) is 0 Å². The Hall–Kier alpha value is -2.37. The summed E-state index contributed by atoms with van der Waals surface area (Å²) in [5.74, 6) is 3.25. The number of nitrogens with zero attached hydrogens (tertiary/aromatic N) is 3. The van der Waals surface area contributed by atoms with Crippen LogP contribution in [0.2, 0.25) is 0 Å². The quantitative estimate of drug-likeness (QED) is 0.845. The molecule has 1 aliphatic heterocycles. The third-order valence-electron chi connectivity index (χ3n) is 4.87. The highest BCUT2D eigenvalue weighted by Crippen LogP contribution is 2.39. The van der Waals surface area contributed by atoms with Crippen LogP contribution in [0.25, 0.3) is 11.4 Å². The number of amides is 1. The molecule has 1 aromatic heterocycles. The van der Waals surface area contributed by atoms with Crippen molar-refractivity contribution in [3.8, 4) is 17.1 Å². The molecule has 1 saturated heterocycles. The van der Waals surface area contributed by atoms with Crippen LogP contribution >= 0.6 is 0 Å². The smallest absolute Gasteiger partial charge is 0.230 e. The Morgan fingerprint density at radius 3 is 2.54 bits per heavy atom. The molecule has 2 saturated carbocycles. The minimum Gasteiger partial charge on any atom is -0.487 e.